The van der Waals surface area contributed by atoms with Crippen LogP contribution in [-0.2, 0) is 0 Å². The van der Waals surface area contributed by atoms with Crippen molar-refractivity contribution in [1.29, 1.82) is 0 Å². The Morgan fingerprint density at radius 2 is 1.58 bits per heavy atom. The number of hydrogen-bond acceptors (Lipinski definition) is 2. The van der Waals surface area contributed by atoms with E-state index in [0.29, 0.717) is 20.8 Å². The smallest absolute Gasteiger partial charge is 0.156 e. The van der Waals surface area contributed by atoms with E-state index in [2.05, 4.69) is 0 Å². The van der Waals surface area contributed by atoms with E-state index in [-0.39, 0.29) is 12.6 Å². The normalized spacial score (nSPS) is 12.2. The van der Waals surface area contributed by atoms with Crippen LogP contribution in [-0.4, -0.2) is 6.61 Å². The Hall–Kier alpha value is -0.930. The van der Waals surface area contributed by atoms with Crippen LogP contribution in [0.4, 0.5) is 0 Å². The summed E-state index contributed by atoms with van der Waals surface area (Å²) in [4.78, 5) is 0. The van der Waals surface area contributed by atoms with Crippen LogP contribution in [0.15, 0.2) is 42.5 Å². The molecule has 0 aliphatic heterocycles. The highest BCUT2D eigenvalue weighted by molar-refractivity contribution is 6.40. The van der Waals surface area contributed by atoms with Gasteiger partial charge in [0.2, 0.25) is 0 Å². The Balaban J connectivity index is 2.07. The van der Waals surface area contributed by atoms with E-state index in [0.717, 1.165) is 5.56 Å². The quantitative estimate of drug-likeness (QED) is 0.885. The Morgan fingerprint density at radius 3 is 2.16 bits per heavy atom. The SMILES string of the molecule is NC(COc1c(Cl)cc(Cl)cc1Cl)c1ccccc1. The molecular weight excluding hydrogens is 305 g/mol. The highest BCUT2D eigenvalue weighted by Crippen LogP contribution is 2.36. The van der Waals surface area contributed by atoms with Crippen molar-refractivity contribution in [2.75, 3.05) is 6.61 Å². The summed E-state index contributed by atoms with van der Waals surface area (Å²) in [6, 6.07) is 12.6. The van der Waals surface area contributed by atoms with Crippen LogP contribution in [0.1, 0.15) is 11.6 Å². The van der Waals surface area contributed by atoms with E-state index in [1.165, 1.54) is 0 Å². The van der Waals surface area contributed by atoms with Crippen molar-refractivity contribution in [2.24, 2.45) is 5.73 Å². The Kier molecular flexibility index (Phi) is 4.94. The van der Waals surface area contributed by atoms with E-state index in [1.54, 1.807) is 12.1 Å². The van der Waals surface area contributed by atoms with Gasteiger partial charge in [0.05, 0.1) is 16.1 Å². The molecule has 2 aromatic carbocycles. The van der Waals surface area contributed by atoms with Crippen molar-refractivity contribution in [3.8, 4) is 5.75 Å². The molecule has 1 unspecified atom stereocenters. The van der Waals surface area contributed by atoms with Gasteiger partial charge in [-0.25, -0.2) is 0 Å². The summed E-state index contributed by atoms with van der Waals surface area (Å²) < 4.78 is 5.59. The van der Waals surface area contributed by atoms with Gasteiger partial charge in [0.25, 0.3) is 0 Å². The summed E-state index contributed by atoms with van der Waals surface area (Å²) in [5, 5.41) is 1.21. The van der Waals surface area contributed by atoms with Gasteiger partial charge in [-0.2, -0.15) is 0 Å². The number of benzene rings is 2. The number of ether oxygens (including phenoxy) is 1. The van der Waals surface area contributed by atoms with Gasteiger partial charge in [0, 0.05) is 5.02 Å². The zero-order valence-corrected chi connectivity index (χ0v) is 12.2. The molecule has 2 N–H and O–H groups in total. The lowest BCUT2D eigenvalue weighted by Gasteiger charge is -2.15. The van der Waals surface area contributed by atoms with Crippen LogP contribution >= 0.6 is 34.8 Å². The van der Waals surface area contributed by atoms with E-state index in [4.69, 9.17) is 45.3 Å². The van der Waals surface area contributed by atoms with Gasteiger partial charge in [-0.15, -0.1) is 0 Å². The first-order valence-corrected chi connectivity index (χ1v) is 6.79. The van der Waals surface area contributed by atoms with E-state index >= 15 is 0 Å². The van der Waals surface area contributed by atoms with Crippen LogP contribution < -0.4 is 10.5 Å². The molecule has 1 atom stereocenters. The van der Waals surface area contributed by atoms with E-state index in [9.17, 15) is 0 Å². The van der Waals surface area contributed by atoms with Gasteiger partial charge >= 0.3 is 0 Å². The van der Waals surface area contributed by atoms with E-state index in [1.807, 2.05) is 30.3 Å². The number of hydrogen-bond donors (Lipinski definition) is 1. The minimum Gasteiger partial charge on any atom is -0.488 e. The third-order valence-corrected chi connectivity index (χ3v) is 3.38. The van der Waals surface area contributed by atoms with E-state index < -0.39 is 0 Å². The highest BCUT2D eigenvalue weighted by Gasteiger charge is 2.12. The van der Waals surface area contributed by atoms with Crippen molar-refractivity contribution < 1.29 is 4.74 Å². The second-order valence-corrected chi connectivity index (χ2v) is 5.28. The summed E-state index contributed by atoms with van der Waals surface area (Å²) in [6.45, 7) is 0.283. The fourth-order valence-electron chi connectivity index (χ4n) is 1.64. The number of nitrogens with two attached hydrogens (primary N) is 1. The van der Waals surface area contributed by atoms with Crippen LogP contribution in [0.25, 0.3) is 0 Å². The summed E-state index contributed by atoms with van der Waals surface area (Å²) in [5.41, 5.74) is 7.03. The van der Waals surface area contributed by atoms with Gasteiger partial charge in [-0.05, 0) is 17.7 Å². The molecule has 0 saturated carbocycles. The molecule has 0 radical (unpaired) electrons. The zero-order valence-electron chi connectivity index (χ0n) is 9.95. The molecule has 2 rings (SSSR count). The summed E-state index contributed by atoms with van der Waals surface area (Å²) in [7, 11) is 0. The molecule has 5 heteroatoms. The molecule has 0 amide bonds. The average molecular weight is 317 g/mol. The third-order valence-electron chi connectivity index (χ3n) is 2.60. The highest BCUT2D eigenvalue weighted by atomic mass is 35.5. The minimum atomic E-state index is -0.246. The predicted molar refractivity (Wildman–Crippen MR) is 80.3 cm³/mol. The maximum absolute atomic E-state index is 6.04. The molecule has 2 aromatic rings. The lowest BCUT2D eigenvalue weighted by molar-refractivity contribution is 0.291. The second-order valence-electron chi connectivity index (χ2n) is 4.03. The van der Waals surface area contributed by atoms with Crippen molar-refractivity contribution in [3.63, 3.8) is 0 Å². The third kappa shape index (κ3) is 3.77. The standard InChI is InChI=1S/C14H12Cl3NO/c15-10-6-11(16)14(12(17)7-10)19-8-13(18)9-4-2-1-3-5-9/h1-7,13H,8,18H2. The first-order chi connectivity index (χ1) is 9.08. The second kappa shape index (κ2) is 6.49. The first kappa shape index (κ1) is 14.5. The molecule has 0 fully saturated rings. The van der Waals surface area contributed by atoms with Crippen molar-refractivity contribution in [2.45, 2.75) is 6.04 Å². The molecule has 2 nitrogen and oxygen atoms in total. The summed E-state index contributed by atoms with van der Waals surface area (Å²) in [6.07, 6.45) is 0. The topological polar surface area (TPSA) is 35.2 Å². The fraction of sp³-hybridized carbons (Fsp3) is 0.143. The molecule has 0 heterocycles. The van der Waals surface area contributed by atoms with Crippen LogP contribution in [0.2, 0.25) is 15.1 Å². The molecule has 100 valence electrons. The molecule has 0 spiro atoms. The summed E-state index contributed by atoms with van der Waals surface area (Å²) >= 11 is 17.9. The molecule has 0 aromatic heterocycles. The van der Waals surface area contributed by atoms with Crippen LogP contribution in [0.3, 0.4) is 0 Å². The maximum Gasteiger partial charge on any atom is 0.156 e. The minimum absolute atomic E-state index is 0.246. The van der Waals surface area contributed by atoms with Gasteiger partial charge in [0.15, 0.2) is 5.75 Å². The van der Waals surface area contributed by atoms with Gasteiger partial charge in [0.1, 0.15) is 6.61 Å². The Bertz CT molecular complexity index is 537. The van der Waals surface area contributed by atoms with Crippen molar-refractivity contribution in [1.82, 2.24) is 0 Å². The van der Waals surface area contributed by atoms with Gasteiger partial charge in [-0.1, -0.05) is 65.1 Å². The van der Waals surface area contributed by atoms with Crippen LogP contribution in [0, 0.1) is 0 Å². The fourth-order valence-corrected chi connectivity index (χ4v) is 2.56. The van der Waals surface area contributed by atoms with Crippen LogP contribution in [0.5, 0.6) is 5.75 Å². The monoisotopic (exact) mass is 315 g/mol. The molecule has 19 heavy (non-hydrogen) atoms. The molecular formula is C14H12Cl3NO. The van der Waals surface area contributed by atoms with Crippen molar-refractivity contribution in [3.05, 3.63) is 63.1 Å². The Labute approximate surface area is 127 Å². The zero-order chi connectivity index (χ0) is 13.8. The van der Waals surface area contributed by atoms with Gasteiger partial charge < -0.3 is 10.5 Å². The molecule has 0 aliphatic carbocycles. The largest absolute Gasteiger partial charge is 0.488 e. The molecule has 0 aliphatic rings. The summed E-state index contributed by atoms with van der Waals surface area (Å²) in [5.74, 6) is 0.402. The number of halogens is 3. The number of rotatable bonds is 4. The van der Waals surface area contributed by atoms with Gasteiger partial charge in [-0.3, -0.25) is 0 Å². The first-order valence-electron chi connectivity index (χ1n) is 5.66. The molecule has 0 saturated heterocycles. The van der Waals surface area contributed by atoms with Crippen molar-refractivity contribution >= 4 is 34.8 Å². The predicted octanol–water partition coefficient (Wildman–Crippen LogP) is 4.73. The molecule has 0 bridgehead atoms. The average Bonchev–Trinajstić information content (AvgIpc) is 2.38. The Morgan fingerprint density at radius 1 is 1.00 bits per heavy atom. The maximum atomic E-state index is 6.04. The lowest BCUT2D eigenvalue weighted by atomic mass is 10.1. The lowest BCUT2D eigenvalue weighted by Crippen LogP contribution is -2.19.